The fourth-order valence-corrected chi connectivity index (χ4v) is 4.90. The molecule has 3 heteroatoms. The van der Waals surface area contributed by atoms with Gasteiger partial charge in [-0.1, -0.05) is 84.6 Å². The molecule has 0 amide bonds. The van der Waals surface area contributed by atoms with Gasteiger partial charge in [-0.2, -0.15) is 0 Å². The van der Waals surface area contributed by atoms with Gasteiger partial charge in [0, 0.05) is 5.57 Å². The first-order chi connectivity index (χ1) is 10.4. The highest BCUT2D eigenvalue weighted by Gasteiger charge is 2.31. The van der Waals surface area contributed by atoms with Gasteiger partial charge < -0.3 is 5.11 Å². The van der Waals surface area contributed by atoms with E-state index in [-0.39, 0.29) is 0 Å². The summed E-state index contributed by atoms with van der Waals surface area (Å²) in [5, 5.41) is 12.1. The topological polar surface area (TPSA) is 37.3 Å². The van der Waals surface area contributed by atoms with E-state index in [0.717, 1.165) is 11.8 Å². The number of carbonyl (C=O) groups excluding carboxylic acids is 1. The van der Waals surface area contributed by atoms with Crippen molar-refractivity contribution < 1.29 is 9.90 Å². The number of hydrogen-bond acceptors (Lipinski definition) is 2. The van der Waals surface area contributed by atoms with Crippen LogP contribution in [0.15, 0.2) is 71.9 Å². The van der Waals surface area contributed by atoms with E-state index in [2.05, 4.69) is 25.2 Å². The first-order valence-electron chi connectivity index (χ1n) is 7.40. The van der Waals surface area contributed by atoms with E-state index >= 15 is 0 Å². The average Bonchev–Trinajstić information content (AvgIpc) is 2.54. The molecule has 0 saturated heterocycles. The largest absolute Gasteiger partial charge is 0.381 e. The number of rotatable bonds is 5. The zero-order valence-electron chi connectivity index (χ0n) is 13.3. The molecule has 0 aliphatic rings. The molecule has 2 aromatic rings. The van der Waals surface area contributed by atoms with Crippen molar-refractivity contribution in [3.8, 4) is 0 Å². The van der Waals surface area contributed by atoms with Crippen molar-refractivity contribution in [2.45, 2.75) is 25.6 Å². The number of hydrogen-bond donors (Lipinski definition) is 1. The van der Waals surface area contributed by atoms with E-state index in [1.54, 1.807) is 6.92 Å². The highest BCUT2D eigenvalue weighted by atomic mass is 28.3. The Balaban J connectivity index is 2.45. The van der Waals surface area contributed by atoms with Crippen molar-refractivity contribution in [3.05, 3.63) is 77.5 Å². The first kappa shape index (κ1) is 16.4. The molecular weight excluding hydrogens is 288 g/mol. The summed E-state index contributed by atoms with van der Waals surface area (Å²) in [6.45, 7) is 6.03. The molecule has 2 aromatic carbocycles. The summed E-state index contributed by atoms with van der Waals surface area (Å²) in [7, 11) is -1.96. The van der Waals surface area contributed by atoms with Crippen molar-refractivity contribution in [2.24, 2.45) is 0 Å². The fourth-order valence-electron chi connectivity index (χ4n) is 2.56. The Kier molecular flexibility index (Phi) is 4.79. The molecule has 1 atom stereocenters. The van der Waals surface area contributed by atoms with Crippen LogP contribution in [0.4, 0.5) is 0 Å². The van der Waals surface area contributed by atoms with Gasteiger partial charge in [0.25, 0.3) is 0 Å². The molecule has 0 fully saturated rings. The molecule has 1 N–H and O–H groups in total. The van der Waals surface area contributed by atoms with Crippen molar-refractivity contribution >= 4 is 19.5 Å². The van der Waals surface area contributed by atoms with Gasteiger partial charge in [0.2, 0.25) is 0 Å². The van der Waals surface area contributed by atoms with Gasteiger partial charge in [0.1, 0.15) is 20.0 Å². The van der Waals surface area contributed by atoms with E-state index < -0.39 is 13.7 Å². The summed E-state index contributed by atoms with van der Waals surface area (Å²) in [4.78, 5) is 11.6. The van der Waals surface area contributed by atoms with E-state index in [1.807, 2.05) is 54.2 Å². The fraction of sp³-hybridized carbons (Fsp3) is 0.211. The summed E-state index contributed by atoms with van der Waals surface area (Å²) in [6.07, 6.45) is 0.782. The molecule has 0 radical (unpaired) electrons. The predicted molar refractivity (Wildman–Crippen MR) is 93.7 cm³/mol. The van der Waals surface area contributed by atoms with Gasteiger partial charge in [-0.15, -0.1) is 0 Å². The Morgan fingerprint density at radius 3 is 2.00 bits per heavy atom. The number of benzene rings is 2. The van der Waals surface area contributed by atoms with Crippen LogP contribution in [0.2, 0.25) is 13.1 Å². The second-order valence-corrected chi connectivity index (χ2v) is 10.6. The standard InChI is InChI=1S/C19H22O2Si/c1-19(21,16-10-6-4-7-11-16)17(14-20)15-22(2,3)18-12-8-5-9-13-18/h4-15,21H,1-3H3/b17-15+. The van der Waals surface area contributed by atoms with Gasteiger partial charge >= 0.3 is 0 Å². The summed E-state index contributed by atoms with van der Waals surface area (Å²) in [6, 6.07) is 19.5. The highest BCUT2D eigenvalue weighted by molar-refractivity contribution is 6.94. The van der Waals surface area contributed by atoms with Gasteiger partial charge in [-0.3, -0.25) is 4.79 Å². The zero-order valence-corrected chi connectivity index (χ0v) is 14.3. The third-order valence-electron chi connectivity index (χ3n) is 4.06. The Morgan fingerprint density at radius 2 is 1.50 bits per heavy atom. The van der Waals surface area contributed by atoms with Gasteiger partial charge in [0.15, 0.2) is 0 Å². The summed E-state index contributed by atoms with van der Waals surface area (Å²) >= 11 is 0. The van der Waals surface area contributed by atoms with Crippen LogP contribution in [0.1, 0.15) is 12.5 Å². The minimum absolute atomic E-state index is 0.430. The Bertz CT molecular complexity index is 658. The molecule has 0 spiro atoms. The van der Waals surface area contributed by atoms with E-state index in [9.17, 15) is 9.90 Å². The van der Waals surface area contributed by atoms with Crippen molar-refractivity contribution in [1.82, 2.24) is 0 Å². The van der Waals surface area contributed by atoms with Crippen LogP contribution in [0, 0.1) is 0 Å². The van der Waals surface area contributed by atoms with E-state index in [4.69, 9.17) is 0 Å². The Hall–Kier alpha value is -1.97. The van der Waals surface area contributed by atoms with Crippen LogP contribution in [0.25, 0.3) is 0 Å². The van der Waals surface area contributed by atoms with Crippen LogP contribution in [0.3, 0.4) is 0 Å². The lowest BCUT2D eigenvalue weighted by molar-refractivity contribution is -0.106. The highest BCUT2D eigenvalue weighted by Crippen LogP contribution is 2.29. The van der Waals surface area contributed by atoms with Crippen molar-refractivity contribution in [3.63, 3.8) is 0 Å². The molecular formula is C19H22O2Si. The number of aldehydes is 1. The molecule has 1 unspecified atom stereocenters. The maximum atomic E-state index is 11.6. The second-order valence-electron chi connectivity index (χ2n) is 6.24. The lowest BCUT2D eigenvalue weighted by atomic mass is 9.89. The van der Waals surface area contributed by atoms with Gasteiger partial charge in [-0.05, 0) is 12.5 Å². The SMILES string of the molecule is CC(O)(/C(C=O)=C/[Si](C)(C)c1ccccc1)c1ccccc1. The molecule has 0 aliphatic heterocycles. The monoisotopic (exact) mass is 310 g/mol. The molecule has 0 aliphatic carbocycles. The molecule has 2 rings (SSSR count). The third-order valence-corrected chi connectivity index (χ3v) is 6.91. The third kappa shape index (κ3) is 3.43. The number of carbonyl (C=O) groups is 1. The Morgan fingerprint density at radius 1 is 1.00 bits per heavy atom. The Labute approximate surface area is 133 Å². The van der Waals surface area contributed by atoms with Crippen molar-refractivity contribution in [2.75, 3.05) is 0 Å². The molecule has 0 aromatic heterocycles. The minimum Gasteiger partial charge on any atom is -0.381 e. The van der Waals surface area contributed by atoms with Crippen LogP contribution in [0.5, 0.6) is 0 Å². The van der Waals surface area contributed by atoms with Crippen LogP contribution >= 0.6 is 0 Å². The molecule has 22 heavy (non-hydrogen) atoms. The van der Waals surface area contributed by atoms with Crippen LogP contribution < -0.4 is 5.19 Å². The van der Waals surface area contributed by atoms with Crippen LogP contribution in [-0.4, -0.2) is 19.5 Å². The van der Waals surface area contributed by atoms with Crippen LogP contribution in [-0.2, 0) is 10.4 Å². The zero-order chi connectivity index (χ0) is 16.2. The molecule has 0 bridgehead atoms. The summed E-state index contributed by atoms with van der Waals surface area (Å²) in [5.41, 5.74) is 1.87. The minimum atomic E-state index is -1.96. The van der Waals surface area contributed by atoms with E-state index in [0.29, 0.717) is 5.57 Å². The number of aliphatic hydroxyl groups is 1. The quantitative estimate of drug-likeness (QED) is 0.523. The van der Waals surface area contributed by atoms with E-state index in [1.165, 1.54) is 5.19 Å². The molecule has 2 nitrogen and oxygen atoms in total. The molecule has 0 heterocycles. The normalized spacial score (nSPS) is 15.2. The predicted octanol–water partition coefficient (Wildman–Crippen LogP) is 3.17. The lowest BCUT2D eigenvalue weighted by Crippen LogP contribution is -2.41. The van der Waals surface area contributed by atoms with Gasteiger partial charge in [0.05, 0.1) is 0 Å². The van der Waals surface area contributed by atoms with Gasteiger partial charge in [-0.25, -0.2) is 0 Å². The second kappa shape index (κ2) is 6.42. The first-order valence-corrected chi connectivity index (χ1v) is 10.5. The summed E-state index contributed by atoms with van der Waals surface area (Å²) in [5.74, 6) is 0. The smallest absolute Gasteiger partial charge is 0.148 e. The average molecular weight is 310 g/mol. The maximum Gasteiger partial charge on any atom is 0.148 e. The van der Waals surface area contributed by atoms with Crippen molar-refractivity contribution in [1.29, 1.82) is 0 Å². The molecule has 114 valence electrons. The molecule has 0 saturated carbocycles. The maximum absolute atomic E-state index is 11.6. The summed E-state index contributed by atoms with van der Waals surface area (Å²) < 4.78 is 0. The lowest BCUT2D eigenvalue weighted by Gasteiger charge is -2.28.